The van der Waals surface area contributed by atoms with Gasteiger partial charge in [-0.05, 0) is 43.2 Å². The molecule has 0 atom stereocenters. The number of rotatable bonds is 4. The van der Waals surface area contributed by atoms with Gasteiger partial charge in [-0.15, -0.1) is 0 Å². The van der Waals surface area contributed by atoms with E-state index in [1.807, 2.05) is 4.90 Å². The van der Waals surface area contributed by atoms with Crippen LogP contribution in [0.1, 0.15) is 36.0 Å². The predicted molar refractivity (Wildman–Crippen MR) is 99.9 cm³/mol. The van der Waals surface area contributed by atoms with E-state index < -0.39 is 0 Å². The number of halogens is 1. The summed E-state index contributed by atoms with van der Waals surface area (Å²) in [5, 5.41) is 3.78. The van der Waals surface area contributed by atoms with Gasteiger partial charge in [0.15, 0.2) is 0 Å². The molecule has 2 aromatic rings. The molecule has 1 aromatic carbocycles. The number of methoxy groups -OCH3 is 1. The van der Waals surface area contributed by atoms with Crippen molar-refractivity contribution in [1.82, 2.24) is 9.88 Å². The van der Waals surface area contributed by atoms with Crippen LogP contribution >= 0.6 is 11.6 Å². The number of anilines is 2. The Labute approximate surface area is 153 Å². The SMILES string of the molecule is COc1ccc(Cl)cc1Nc1ccc(C(=O)N2CCCCCC2)cn1. The summed E-state index contributed by atoms with van der Waals surface area (Å²) in [5.74, 6) is 1.37. The number of benzene rings is 1. The second-order valence-electron chi connectivity index (χ2n) is 6.11. The summed E-state index contributed by atoms with van der Waals surface area (Å²) in [4.78, 5) is 18.9. The normalized spacial score (nSPS) is 14.7. The Morgan fingerprint density at radius 1 is 1.16 bits per heavy atom. The molecule has 0 saturated carbocycles. The van der Waals surface area contributed by atoms with Crippen LogP contribution in [0.2, 0.25) is 5.02 Å². The molecule has 132 valence electrons. The number of aromatic nitrogens is 1. The van der Waals surface area contributed by atoms with Crippen molar-refractivity contribution in [2.24, 2.45) is 0 Å². The zero-order chi connectivity index (χ0) is 17.6. The number of pyridine rings is 1. The van der Waals surface area contributed by atoms with Crippen LogP contribution < -0.4 is 10.1 Å². The van der Waals surface area contributed by atoms with Crippen LogP contribution in [0.3, 0.4) is 0 Å². The summed E-state index contributed by atoms with van der Waals surface area (Å²) in [6.07, 6.45) is 6.17. The molecule has 3 rings (SSSR count). The number of carbonyl (C=O) groups is 1. The van der Waals surface area contributed by atoms with Gasteiger partial charge in [-0.1, -0.05) is 24.4 Å². The maximum absolute atomic E-state index is 12.6. The number of likely N-dealkylation sites (tertiary alicyclic amines) is 1. The summed E-state index contributed by atoms with van der Waals surface area (Å²) >= 11 is 6.04. The molecule has 0 unspecified atom stereocenters. The zero-order valence-corrected chi connectivity index (χ0v) is 15.1. The molecule has 1 aliphatic heterocycles. The third-order valence-corrected chi connectivity index (χ3v) is 4.56. The van der Waals surface area contributed by atoms with Crippen LogP contribution in [-0.2, 0) is 0 Å². The molecule has 1 aliphatic rings. The first-order valence-electron chi connectivity index (χ1n) is 8.53. The topological polar surface area (TPSA) is 54.5 Å². The summed E-state index contributed by atoms with van der Waals surface area (Å²) in [6.45, 7) is 1.66. The highest BCUT2D eigenvalue weighted by Gasteiger charge is 2.17. The van der Waals surface area contributed by atoms with Crippen LogP contribution in [0.25, 0.3) is 0 Å². The van der Waals surface area contributed by atoms with Gasteiger partial charge in [0, 0.05) is 24.3 Å². The summed E-state index contributed by atoms with van der Waals surface area (Å²) in [7, 11) is 1.60. The van der Waals surface area contributed by atoms with E-state index in [9.17, 15) is 4.79 Å². The molecule has 0 aliphatic carbocycles. The van der Waals surface area contributed by atoms with Gasteiger partial charge in [0.1, 0.15) is 11.6 Å². The van der Waals surface area contributed by atoms with Crippen molar-refractivity contribution in [1.29, 1.82) is 0 Å². The molecule has 1 fully saturated rings. The van der Waals surface area contributed by atoms with Crippen LogP contribution in [0, 0.1) is 0 Å². The Bertz CT molecular complexity index is 726. The molecule has 1 N–H and O–H groups in total. The van der Waals surface area contributed by atoms with Crippen LogP contribution in [0.15, 0.2) is 36.5 Å². The van der Waals surface area contributed by atoms with Crippen molar-refractivity contribution in [3.05, 3.63) is 47.1 Å². The molecular formula is C19H22ClN3O2. The highest BCUT2D eigenvalue weighted by Crippen LogP contribution is 2.30. The van der Waals surface area contributed by atoms with Crippen LogP contribution in [0.4, 0.5) is 11.5 Å². The molecule has 2 heterocycles. The van der Waals surface area contributed by atoms with Gasteiger partial charge in [0.25, 0.3) is 5.91 Å². The number of hydrogen-bond acceptors (Lipinski definition) is 4. The predicted octanol–water partition coefficient (Wildman–Crippen LogP) is 4.50. The van der Waals surface area contributed by atoms with Crippen molar-refractivity contribution in [2.75, 3.05) is 25.5 Å². The molecule has 0 radical (unpaired) electrons. The molecule has 25 heavy (non-hydrogen) atoms. The zero-order valence-electron chi connectivity index (χ0n) is 14.3. The first-order valence-corrected chi connectivity index (χ1v) is 8.91. The largest absolute Gasteiger partial charge is 0.495 e. The van der Waals surface area contributed by atoms with Crippen LogP contribution in [-0.4, -0.2) is 36.0 Å². The first-order chi connectivity index (χ1) is 12.2. The third kappa shape index (κ3) is 4.42. The average Bonchev–Trinajstić information content (AvgIpc) is 2.91. The van der Waals surface area contributed by atoms with Gasteiger partial charge in [-0.25, -0.2) is 4.98 Å². The van der Waals surface area contributed by atoms with E-state index in [0.717, 1.165) is 31.6 Å². The Balaban J connectivity index is 1.72. The van der Waals surface area contributed by atoms with E-state index in [4.69, 9.17) is 16.3 Å². The third-order valence-electron chi connectivity index (χ3n) is 4.33. The molecule has 1 aromatic heterocycles. The Morgan fingerprint density at radius 2 is 1.92 bits per heavy atom. The minimum atomic E-state index is 0.0567. The molecule has 1 amide bonds. The highest BCUT2D eigenvalue weighted by molar-refractivity contribution is 6.31. The van der Waals surface area contributed by atoms with E-state index in [-0.39, 0.29) is 5.91 Å². The fourth-order valence-electron chi connectivity index (χ4n) is 2.97. The molecular weight excluding hydrogens is 338 g/mol. The van der Waals surface area contributed by atoms with E-state index >= 15 is 0 Å². The lowest BCUT2D eigenvalue weighted by Crippen LogP contribution is -2.31. The fourth-order valence-corrected chi connectivity index (χ4v) is 3.14. The number of nitrogens with zero attached hydrogens (tertiary/aromatic N) is 2. The van der Waals surface area contributed by atoms with Gasteiger partial charge >= 0.3 is 0 Å². The van der Waals surface area contributed by atoms with Gasteiger partial charge in [0.2, 0.25) is 0 Å². The van der Waals surface area contributed by atoms with E-state index in [1.165, 1.54) is 12.8 Å². The lowest BCUT2D eigenvalue weighted by atomic mass is 10.2. The van der Waals surface area contributed by atoms with Crippen molar-refractivity contribution < 1.29 is 9.53 Å². The Kier molecular flexibility index (Phi) is 5.76. The summed E-state index contributed by atoms with van der Waals surface area (Å²) < 4.78 is 5.32. The molecule has 1 saturated heterocycles. The first kappa shape index (κ1) is 17.5. The van der Waals surface area contributed by atoms with Crippen molar-refractivity contribution in [3.8, 4) is 5.75 Å². The fraction of sp³-hybridized carbons (Fsp3) is 0.368. The van der Waals surface area contributed by atoms with Gasteiger partial charge in [0.05, 0.1) is 18.4 Å². The number of carbonyl (C=O) groups excluding carboxylic acids is 1. The maximum Gasteiger partial charge on any atom is 0.255 e. The lowest BCUT2D eigenvalue weighted by molar-refractivity contribution is 0.0761. The molecule has 0 bridgehead atoms. The van der Waals surface area contributed by atoms with Crippen molar-refractivity contribution in [2.45, 2.75) is 25.7 Å². The summed E-state index contributed by atoms with van der Waals surface area (Å²) in [6, 6.07) is 8.94. The van der Waals surface area contributed by atoms with Gasteiger partial charge < -0.3 is 15.0 Å². The smallest absolute Gasteiger partial charge is 0.255 e. The molecule has 0 spiro atoms. The molecule has 5 nitrogen and oxygen atoms in total. The number of amides is 1. The maximum atomic E-state index is 12.6. The van der Waals surface area contributed by atoms with E-state index in [2.05, 4.69) is 10.3 Å². The number of hydrogen-bond donors (Lipinski definition) is 1. The highest BCUT2D eigenvalue weighted by atomic mass is 35.5. The van der Waals surface area contributed by atoms with E-state index in [0.29, 0.717) is 22.2 Å². The van der Waals surface area contributed by atoms with Crippen molar-refractivity contribution in [3.63, 3.8) is 0 Å². The van der Waals surface area contributed by atoms with Gasteiger partial charge in [-0.3, -0.25) is 4.79 Å². The van der Waals surface area contributed by atoms with Gasteiger partial charge in [-0.2, -0.15) is 0 Å². The Morgan fingerprint density at radius 3 is 2.56 bits per heavy atom. The Hall–Kier alpha value is -2.27. The number of ether oxygens (including phenoxy) is 1. The van der Waals surface area contributed by atoms with Crippen LogP contribution in [0.5, 0.6) is 5.75 Å². The standard InChI is InChI=1S/C19H22ClN3O2/c1-25-17-8-7-15(20)12-16(17)22-18-9-6-14(13-21-18)19(24)23-10-4-2-3-5-11-23/h6-9,12-13H,2-5,10-11H2,1H3,(H,21,22). The van der Waals surface area contributed by atoms with E-state index in [1.54, 1.807) is 43.6 Å². The number of nitrogens with one attached hydrogen (secondary N) is 1. The monoisotopic (exact) mass is 359 g/mol. The van der Waals surface area contributed by atoms with Crippen molar-refractivity contribution >= 4 is 29.0 Å². The minimum absolute atomic E-state index is 0.0567. The molecule has 6 heteroatoms. The second kappa shape index (κ2) is 8.21. The quantitative estimate of drug-likeness (QED) is 0.873. The second-order valence-corrected chi connectivity index (χ2v) is 6.54. The minimum Gasteiger partial charge on any atom is -0.495 e. The lowest BCUT2D eigenvalue weighted by Gasteiger charge is -2.20. The summed E-state index contributed by atoms with van der Waals surface area (Å²) in [5.41, 5.74) is 1.35. The average molecular weight is 360 g/mol.